The Bertz CT molecular complexity index is 1350. The predicted octanol–water partition coefficient (Wildman–Crippen LogP) is 1.45. The lowest BCUT2D eigenvalue weighted by atomic mass is 9.85. The number of amides is 2. The average molecular weight is 474 g/mol. The summed E-state index contributed by atoms with van der Waals surface area (Å²) in [6, 6.07) is 10.6. The third-order valence-electron chi connectivity index (χ3n) is 6.29. The Labute approximate surface area is 185 Å². The average Bonchev–Trinajstić information content (AvgIpc) is 3.41. The molecule has 11 heteroatoms. The molecule has 166 valence electrons. The number of anilines is 2. The topological polar surface area (TPSA) is 144 Å². The van der Waals surface area contributed by atoms with Crippen molar-refractivity contribution < 1.29 is 26.4 Å². The highest BCUT2D eigenvalue weighted by molar-refractivity contribution is 7.92. The number of carbonyl (C=O) groups excluding carboxylic acids is 2. The first-order valence-corrected chi connectivity index (χ1v) is 12.9. The summed E-state index contributed by atoms with van der Waals surface area (Å²) in [4.78, 5) is 26.6. The first-order chi connectivity index (χ1) is 15.1. The number of allylic oxidation sites excluding steroid dienone is 2. The second kappa shape index (κ2) is 6.99. The summed E-state index contributed by atoms with van der Waals surface area (Å²) in [6.45, 7) is 0. The summed E-state index contributed by atoms with van der Waals surface area (Å²) >= 11 is 0. The lowest BCUT2D eigenvalue weighted by Crippen LogP contribution is -2.32. The van der Waals surface area contributed by atoms with Crippen LogP contribution >= 0.6 is 0 Å². The number of nitrogens with one attached hydrogen (secondary N) is 1. The third kappa shape index (κ3) is 3.24. The van der Waals surface area contributed by atoms with Gasteiger partial charge in [-0.3, -0.25) is 19.2 Å². The second-order valence-electron chi connectivity index (χ2n) is 8.18. The van der Waals surface area contributed by atoms with Crippen molar-refractivity contribution in [3.8, 4) is 0 Å². The van der Waals surface area contributed by atoms with Gasteiger partial charge in [-0.25, -0.2) is 22.0 Å². The van der Waals surface area contributed by atoms with Crippen LogP contribution in [0.5, 0.6) is 0 Å². The summed E-state index contributed by atoms with van der Waals surface area (Å²) in [5.41, 5.74) is 0.352. The molecule has 0 radical (unpaired) electrons. The molecule has 1 heterocycles. The molecule has 2 aromatic rings. The van der Waals surface area contributed by atoms with Crippen molar-refractivity contribution in [1.82, 2.24) is 0 Å². The van der Waals surface area contributed by atoms with Crippen molar-refractivity contribution in [2.45, 2.75) is 16.2 Å². The maximum atomic E-state index is 12.9. The zero-order valence-electron chi connectivity index (χ0n) is 16.6. The molecule has 5 rings (SSSR count). The molecule has 0 aromatic heterocycles. The molecule has 0 unspecified atom stereocenters. The molecule has 4 atom stereocenters. The number of imide groups is 1. The van der Waals surface area contributed by atoms with Crippen LogP contribution in [0.1, 0.15) is 6.42 Å². The van der Waals surface area contributed by atoms with E-state index in [-0.39, 0.29) is 51.0 Å². The Kier molecular flexibility index (Phi) is 4.56. The van der Waals surface area contributed by atoms with E-state index in [1.54, 1.807) is 0 Å². The van der Waals surface area contributed by atoms with E-state index in [0.29, 0.717) is 5.69 Å². The highest BCUT2D eigenvalue weighted by Gasteiger charge is 2.59. The van der Waals surface area contributed by atoms with Gasteiger partial charge < -0.3 is 0 Å². The van der Waals surface area contributed by atoms with Crippen molar-refractivity contribution in [2.24, 2.45) is 28.8 Å². The molecule has 2 aromatic carbocycles. The van der Waals surface area contributed by atoms with E-state index in [9.17, 15) is 26.4 Å². The maximum Gasteiger partial charge on any atom is 0.261 e. The summed E-state index contributed by atoms with van der Waals surface area (Å²) in [5.74, 6) is -0.995. The Morgan fingerprint density at radius 1 is 0.844 bits per heavy atom. The summed E-state index contributed by atoms with van der Waals surface area (Å²) < 4.78 is 50.7. The van der Waals surface area contributed by atoms with Gasteiger partial charge in [-0.1, -0.05) is 18.2 Å². The third-order valence-corrected chi connectivity index (χ3v) is 8.60. The SMILES string of the molecule is NS(=O)(=O)c1cccc(NS(=O)(=O)c2ccc(N3C(=O)[C@@H]4[C@H](C3=O)[C@@H]3C=C[C@H]4C3)cc2)c1. The minimum Gasteiger partial charge on any atom is -0.280 e. The Hall–Kier alpha value is -3.02. The summed E-state index contributed by atoms with van der Waals surface area (Å²) in [6.07, 6.45) is 4.84. The lowest BCUT2D eigenvalue weighted by Gasteiger charge is -2.17. The molecule has 3 N–H and O–H groups in total. The number of hydrogen-bond acceptors (Lipinski definition) is 6. The second-order valence-corrected chi connectivity index (χ2v) is 11.4. The van der Waals surface area contributed by atoms with Crippen LogP contribution in [0.2, 0.25) is 0 Å². The Balaban J connectivity index is 1.38. The van der Waals surface area contributed by atoms with Crippen LogP contribution in [0, 0.1) is 23.7 Å². The minimum absolute atomic E-state index is 0.0290. The van der Waals surface area contributed by atoms with Crippen LogP contribution in [-0.4, -0.2) is 28.6 Å². The lowest BCUT2D eigenvalue weighted by molar-refractivity contribution is -0.123. The number of sulfonamides is 2. The van der Waals surface area contributed by atoms with E-state index in [0.717, 1.165) is 17.4 Å². The van der Waals surface area contributed by atoms with Crippen LogP contribution in [0.4, 0.5) is 11.4 Å². The van der Waals surface area contributed by atoms with Crippen LogP contribution < -0.4 is 14.8 Å². The molecular formula is C21H19N3O6S2. The number of hydrogen-bond donors (Lipinski definition) is 2. The van der Waals surface area contributed by atoms with Gasteiger partial charge in [0.25, 0.3) is 10.0 Å². The van der Waals surface area contributed by atoms with Crippen LogP contribution in [0.15, 0.2) is 70.5 Å². The number of fused-ring (bicyclic) bond motifs is 5. The summed E-state index contributed by atoms with van der Waals surface area (Å²) in [5, 5.41) is 5.09. The Morgan fingerprint density at radius 2 is 1.44 bits per heavy atom. The van der Waals surface area contributed by atoms with Gasteiger partial charge in [0.15, 0.2) is 0 Å². The van der Waals surface area contributed by atoms with Crippen molar-refractivity contribution in [3.63, 3.8) is 0 Å². The molecule has 2 amide bonds. The van der Waals surface area contributed by atoms with E-state index in [2.05, 4.69) is 4.72 Å². The molecule has 9 nitrogen and oxygen atoms in total. The van der Waals surface area contributed by atoms with E-state index >= 15 is 0 Å². The molecule has 2 bridgehead atoms. The highest BCUT2D eigenvalue weighted by atomic mass is 32.2. The maximum absolute atomic E-state index is 12.9. The fourth-order valence-corrected chi connectivity index (χ4v) is 6.49. The monoisotopic (exact) mass is 473 g/mol. The van der Waals surface area contributed by atoms with Gasteiger partial charge in [-0.2, -0.15) is 0 Å². The van der Waals surface area contributed by atoms with E-state index < -0.39 is 20.0 Å². The van der Waals surface area contributed by atoms with E-state index in [1.807, 2.05) is 12.2 Å². The van der Waals surface area contributed by atoms with Gasteiger partial charge >= 0.3 is 0 Å². The molecule has 3 aliphatic rings. The molecule has 1 saturated carbocycles. The molecule has 2 aliphatic carbocycles. The molecule has 1 saturated heterocycles. The van der Waals surface area contributed by atoms with Gasteiger partial charge in [0.1, 0.15) is 0 Å². The van der Waals surface area contributed by atoms with Crippen molar-refractivity contribution in [1.29, 1.82) is 0 Å². The van der Waals surface area contributed by atoms with Gasteiger partial charge in [-0.15, -0.1) is 0 Å². The molecule has 1 aliphatic heterocycles. The van der Waals surface area contributed by atoms with Crippen LogP contribution in [0.3, 0.4) is 0 Å². The number of nitrogens with zero attached hydrogens (tertiary/aromatic N) is 1. The number of rotatable bonds is 5. The first kappa shape index (κ1) is 20.9. The fraction of sp³-hybridized carbons (Fsp3) is 0.238. The van der Waals surface area contributed by atoms with E-state index in [1.165, 1.54) is 42.5 Å². The number of nitrogens with two attached hydrogens (primary N) is 1. The van der Waals surface area contributed by atoms with Crippen LogP contribution in [-0.2, 0) is 29.6 Å². The Morgan fingerprint density at radius 3 is 2.00 bits per heavy atom. The van der Waals surface area contributed by atoms with Gasteiger partial charge in [0.2, 0.25) is 21.8 Å². The number of carbonyl (C=O) groups is 2. The van der Waals surface area contributed by atoms with Crippen molar-refractivity contribution >= 4 is 43.2 Å². The van der Waals surface area contributed by atoms with E-state index in [4.69, 9.17) is 5.14 Å². The largest absolute Gasteiger partial charge is 0.280 e. The molecule has 0 spiro atoms. The van der Waals surface area contributed by atoms with Crippen molar-refractivity contribution in [3.05, 3.63) is 60.7 Å². The number of primary sulfonamides is 1. The highest BCUT2D eigenvalue weighted by Crippen LogP contribution is 2.53. The molecular weight excluding hydrogens is 454 g/mol. The zero-order valence-corrected chi connectivity index (χ0v) is 18.2. The standard InChI is InChI=1S/C21H19N3O6S2/c22-31(27,28)17-3-1-2-14(11-17)23-32(29,30)16-8-6-15(7-9-16)24-20(25)18-12-4-5-13(10-12)19(18)21(24)26/h1-9,11-13,18-19,23H,10H2,(H2,22,27,28)/t12-,13+,18-,19+. The quantitative estimate of drug-likeness (QED) is 0.497. The predicted molar refractivity (Wildman–Crippen MR) is 115 cm³/mol. The van der Waals surface area contributed by atoms with Crippen molar-refractivity contribution in [2.75, 3.05) is 9.62 Å². The molecule has 32 heavy (non-hydrogen) atoms. The smallest absolute Gasteiger partial charge is 0.261 e. The van der Waals surface area contributed by atoms with Gasteiger partial charge in [0.05, 0.1) is 33.0 Å². The normalized spacial score (nSPS) is 26.6. The van der Waals surface area contributed by atoms with Gasteiger partial charge in [0, 0.05) is 0 Å². The first-order valence-electron chi connectivity index (χ1n) is 9.88. The minimum atomic E-state index is -4.05. The zero-order chi connectivity index (χ0) is 22.8. The number of benzene rings is 2. The fourth-order valence-electron chi connectivity index (χ4n) is 4.88. The molecule has 2 fully saturated rings. The van der Waals surface area contributed by atoms with Gasteiger partial charge in [-0.05, 0) is 60.7 Å². The van der Waals surface area contributed by atoms with Crippen LogP contribution in [0.25, 0.3) is 0 Å². The summed E-state index contributed by atoms with van der Waals surface area (Å²) in [7, 11) is -8.04.